The molecule has 0 aliphatic carbocycles. The number of hydrogen-bond donors (Lipinski definition) is 2. The molecule has 1 aliphatic heterocycles. The lowest BCUT2D eigenvalue weighted by Gasteiger charge is -2.26. The molecular weight excluding hydrogens is 260 g/mol. The van der Waals surface area contributed by atoms with Gasteiger partial charge >= 0.3 is 12.0 Å². The third-order valence-corrected chi connectivity index (χ3v) is 3.35. The lowest BCUT2D eigenvalue weighted by Crippen LogP contribution is -2.45. The smallest absolute Gasteiger partial charge is 0.337 e. The van der Waals surface area contributed by atoms with Gasteiger partial charge in [-0.3, -0.25) is 4.90 Å². The van der Waals surface area contributed by atoms with Gasteiger partial charge in [-0.1, -0.05) is 12.1 Å². The van der Waals surface area contributed by atoms with Gasteiger partial charge in [0.1, 0.15) is 0 Å². The number of hydrogen-bond acceptors (Lipinski definition) is 3. The number of anilines is 1. The molecule has 1 heterocycles. The van der Waals surface area contributed by atoms with E-state index in [1.807, 2.05) is 0 Å². The molecule has 6 heteroatoms. The molecule has 0 saturated carbocycles. The lowest BCUT2D eigenvalue weighted by molar-refractivity contribution is 0.0697. The van der Waals surface area contributed by atoms with Gasteiger partial charge in [-0.15, -0.1) is 0 Å². The topological polar surface area (TPSA) is 78.9 Å². The highest BCUT2D eigenvalue weighted by Gasteiger charge is 2.21. The number of nitrogens with one attached hydrogen (secondary N) is 1. The molecule has 2 amide bonds. The molecule has 0 radical (unpaired) electrons. The van der Waals surface area contributed by atoms with Gasteiger partial charge in [0.2, 0.25) is 0 Å². The summed E-state index contributed by atoms with van der Waals surface area (Å²) in [6.07, 6.45) is 1.56. The molecule has 20 heavy (non-hydrogen) atoms. The van der Waals surface area contributed by atoms with Crippen LogP contribution in [0.1, 0.15) is 23.2 Å². The predicted molar refractivity (Wildman–Crippen MR) is 74.2 cm³/mol. The summed E-state index contributed by atoms with van der Waals surface area (Å²) in [5, 5.41) is 12.0. The molecule has 2 rings (SSSR count). The molecule has 1 aliphatic rings. The van der Waals surface area contributed by atoms with Crippen molar-refractivity contribution in [2.45, 2.75) is 18.9 Å². The number of carbonyl (C=O) groups is 2. The summed E-state index contributed by atoms with van der Waals surface area (Å²) in [6.45, 7) is 1.28. The molecule has 2 N–H and O–H groups in total. The maximum atomic E-state index is 12.2. The molecule has 108 valence electrons. The van der Waals surface area contributed by atoms with Crippen LogP contribution in [0.4, 0.5) is 10.5 Å². The predicted octanol–water partition coefficient (Wildman–Crippen LogP) is 1.71. The van der Waals surface area contributed by atoms with Gasteiger partial charge in [0, 0.05) is 26.3 Å². The van der Waals surface area contributed by atoms with Crippen LogP contribution < -0.4 is 10.2 Å². The molecule has 6 nitrogen and oxygen atoms in total. The third-order valence-electron chi connectivity index (χ3n) is 3.35. The van der Waals surface area contributed by atoms with E-state index in [4.69, 9.17) is 9.84 Å². The summed E-state index contributed by atoms with van der Waals surface area (Å²) in [5.74, 6) is -1.05. The van der Waals surface area contributed by atoms with Gasteiger partial charge in [-0.25, -0.2) is 9.59 Å². The van der Waals surface area contributed by atoms with Crippen molar-refractivity contribution < 1.29 is 19.4 Å². The van der Waals surface area contributed by atoms with Crippen LogP contribution in [0, 0.1) is 0 Å². The molecule has 0 spiro atoms. The van der Waals surface area contributed by atoms with Gasteiger partial charge in [0.25, 0.3) is 0 Å². The van der Waals surface area contributed by atoms with E-state index in [0.29, 0.717) is 18.9 Å². The SMILES string of the molecule is CN(C(=O)NC1CCOCC1)c1ccccc1C(=O)O. The Morgan fingerprint density at radius 1 is 1.30 bits per heavy atom. The third kappa shape index (κ3) is 3.27. The van der Waals surface area contributed by atoms with Crippen molar-refractivity contribution in [1.82, 2.24) is 5.32 Å². The van der Waals surface area contributed by atoms with Crippen molar-refractivity contribution in [2.24, 2.45) is 0 Å². The van der Waals surface area contributed by atoms with E-state index < -0.39 is 5.97 Å². The van der Waals surface area contributed by atoms with E-state index in [-0.39, 0.29) is 17.6 Å². The molecule has 0 aromatic heterocycles. The number of amides is 2. The van der Waals surface area contributed by atoms with Crippen LogP contribution in [0.5, 0.6) is 0 Å². The first-order valence-electron chi connectivity index (χ1n) is 6.54. The van der Waals surface area contributed by atoms with Crippen LogP contribution in [0.25, 0.3) is 0 Å². The van der Waals surface area contributed by atoms with E-state index in [1.54, 1.807) is 25.2 Å². The van der Waals surface area contributed by atoms with Crippen LogP contribution in [0.2, 0.25) is 0 Å². The lowest BCUT2D eigenvalue weighted by atomic mass is 10.1. The summed E-state index contributed by atoms with van der Waals surface area (Å²) >= 11 is 0. The summed E-state index contributed by atoms with van der Waals surface area (Å²) in [4.78, 5) is 24.7. The molecule has 1 aromatic rings. The number of benzene rings is 1. The average molecular weight is 278 g/mol. The largest absolute Gasteiger partial charge is 0.478 e. The second-order valence-electron chi connectivity index (χ2n) is 4.72. The van der Waals surface area contributed by atoms with E-state index in [2.05, 4.69) is 5.32 Å². The number of carbonyl (C=O) groups excluding carboxylic acids is 1. The van der Waals surface area contributed by atoms with E-state index in [0.717, 1.165) is 12.8 Å². The molecule has 1 aromatic carbocycles. The van der Waals surface area contributed by atoms with Gasteiger partial charge in [-0.2, -0.15) is 0 Å². The number of rotatable bonds is 3. The Morgan fingerprint density at radius 2 is 1.95 bits per heavy atom. The van der Waals surface area contributed by atoms with Gasteiger partial charge in [0.15, 0.2) is 0 Å². The Hall–Kier alpha value is -2.08. The normalized spacial score (nSPS) is 15.7. The average Bonchev–Trinajstić information content (AvgIpc) is 2.47. The number of urea groups is 1. The molecule has 0 unspecified atom stereocenters. The zero-order valence-electron chi connectivity index (χ0n) is 11.3. The van der Waals surface area contributed by atoms with Crippen LogP contribution in [0.15, 0.2) is 24.3 Å². The molecule has 0 atom stereocenters. The maximum absolute atomic E-state index is 12.2. The van der Waals surface area contributed by atoms with Gasteiger partial charge in [-0.05, 0) is 25.0 Å². The number of ether oxygens (including phenoxy) is 1. The van der Waals surface area contributed by atoms with Gasteiger partial charge in [0.05, 0.1) is 11.3 Å². The Labute approximate surface area is 117 Å². The second kappa shape index (κ2) is 6.38. The quantitative estimate of drug-likeness (QED) is 0.882. The van der Waals surface area contributed by atoms with E-state index in [1.165, 1.54) is 11.0 Å². The van der Waals surface area contributed by atoms with Crippen LogP contribution in [-0.2, 0) is 4.74 Å². The highest BCUT2D eigenvalue weighted by molar-refractivity contribution is 6.01. The van der Waals surface area contributed by atoms with Crippen molar-refractivity contribution in [1.29, 1.82) is 0 Å². The zero-order valence-corrected chi connectivity index (χ0v) is 11.3. The van der Waals surface area contributed by atoms with Crippen LogP contribution in [-0.4, -0.2) is 43.4 Å². The summed E-state index contributed by atoms with van der Waals surface area (Å²) in [7, 11) is 1.57. The first-order chi connectivity index (χ1) is 9.59. The van der Waals surface area contributed by atoms with Crippen molar-refractivity contribution >= 4 is 17.7 Å². The number of carboxylic acid groups (broad SMARTS) is 1. The highest BCUT2D eigenvalue weighted by atomic mass is 16.5. The fraction of sp³-hybridized carbons (Fsp3) is 0.429. The number of para-hydroxylation sites is 1. The van der Waals surface area contributed by atoms with Crippen LogP contribution >= 0.6 is 0 Å². The van der Waals surface area contributed by atoms with Gasteiger partial charge < -0.3 is 15.2 Å². The highest BCUT2D eigenvalue weighted by Crippen LogP contribution is 2.19. The Kier molecular flexibility index (Phi) is 4.57. The van der Waals surface area contributed by atoms with Crippen molar-refractivity contribution in [2.75, 3.05) is 25.2 Å². The molecule has 0 bridgehead atoms. The minimum Gasteiger partial charge on any atom is -0.478 e. The fourth-order valence-electron chi connectivity index (χ4n) is 2.17. The Bertz CT molecular complexity index is 498. The minimum atomic E-state index is -1.05. The first kappa shape index (κ1) is 14.3. The summed E-state index contributed by atoms with van der Waals surface area (Å²) in [5.41, 5.74) is 0.488. The number of aromatic carboxylic acids is 1. The monoisotopic (exact) mass is 278 g/mol. The van der Waals surface area contributed by atoms with Crippen LogP contribution in [0.3, 0.4) is 0 Å². The standard InChI is InChI=1S/C14H18N2O4/c1-16(12-5-3-2-4-11(12)13(17)18)14(19)15-10-6-8-20-9-7-10/h2-5,10H,6-9H2,1H3,(H,15,19)(H,17,18). The number of carboxylic acids is 1. The first-order valence-corrected chi connectivity index (χ1v) is 6.54. The van der Waals surface area contributed by atoms with E-state index >= 15 is 0 Å². The molecule has 1 saturated heterocycles. The summed E-state index contributed by atoms with van der Waals surface area (Å²) < 4.78 is 5.23. The Balaban J connectivity index is 2.08. The fourth-order valence-corrected chi connectivity index (χ4v) is 2.17. The Morgan fingerprint density at radius 3 is 2.60 bits per heavy atom. The maximum Gasteiger partial charge on any atom is 0.337 e. The molecule has 1 fully saturated rings. The zero-order chi connectivity index (χ0) is 14.5. The second-order valence-corrected chi connectivity index (χ2v) is 4.72. The van der Waals surface area contributed by atoms with Crippen molar-refractivity contribution in [3.63, 3.8) is 0 Å². The minimum absolute atomic E-state index is 0.0793. The van der Waals surface area contributed by atoms with E-state index in [9.17, 15) is 9.59 Å². The summed E-state index contributed by atoms with van der Waals surface area (Å²) in [6, 6.07) is 6.22. The van der Waals surface area contributed by atoms with Crippen molar-refractivity contribution in [3.8, 4) is 0 Å². The number of nitrogens with zero attached hydrogens (tertiary/aromatic N) is 1. The molecular formula is C14H18N2O4. The van der Waals surface area contributed by atoms with Crippen molar-refractivity contribution in [3.05, 3.63) is 29.8 Å².